The van der Waals surface area contributed by atoms with Gasteiger partial charge in [0.1, 0.15) is 5.01 Å². The van der Waals surface area contributed by atoms with Gasteiger partial charge in [-0.05, 0) is 38.6 Å². The highest BCUT2D eigenvalue weighted by molar-refractivity contribution is 7.11. The van der Waals surface area contributed by atoms with E-state index in [4.69, 9.17) is 0 Å². The highest BCUT2D eigenvalue weighted by Crippen LogP contribution is 2.29. The number of rotatable bonds is 3. The SMILES string of the molecule is CNC(c1cc(F)c(F)c(F)c1)c1nc(C)c(C)s1. The summed E-state index contributed by atoms with van der Waals surface area (Å²) < 4.78 is 39.5. The highest BCUT2D eigenvalue weighted by Gasteiger charge is 2.20. The van der Waals surface area contributed by atoms with E-state index in [1.54, 1.807) is 7.05 Å². The predicted octanol–water partition coefficient (Wildman–Crippen LogP) is 3.49. The molecule has 0 aliphatic carbocycles. The minimum absolute atomic E-state index is 0.313. The first-order chi connectivity index (χ1) is 8.93. The Bertz CT molecular complexity index is 567. The highest BCUT2D eigenvalue weighted by atomic mass is 32.1. The van der Waals surface area contributed by atoms with Crippen molar-refractivity contribution in [1.29, 1.82) is 0 Å². The third kappa shape index (κ3) is 2.64. The maximum Gasteiger partial charge on any atom is 0.194 e. The summed E-state index contributed by atoms with van der Waals surface area (Å²) in [4.78, 5) is 5.40. The summed E-state index contributed by atoms with van der Waals surface area (Å²) in [6.07, 6.45) is 0. The zero-order chi connectivity index (χ0) is 14.2. The molecule has 19 heavy (non-hydrogen) atoms. The van der Waals surface area contributed by atoms with Gasteiger partial charge in [-0.15, -0.1) is 11.3 Å². The number of halogens is 3. The van der Waals surface area contributed by atoms with E-state index in [0.29, 0.717) is 10.6 Å². The summed E-state index contributed by atoms with van der Waals surface area (Å²) in [6, 6.07) is 1.53. The van der Waals surface area contributed by atoms with E-state index in [9.17, 15) is 13.2 Å². The molecular formula is C13H13F3N2S. The maximum atomic E-state index is 13.3. The lowest BCUT2D eigenvalue weighted by atomic mass is 10.1. The first-order valence-electron chi connectivity index (χ1n) is 5.69. The number of nitrogens with zero attached hydrogens (tertiary/aromatic N) is 1. The molecule has 0 spiro atoms. The second-order valence-electron chi connectivity index (χ2n) is 4.21. The minimum atomic E-state index is -1.45. The van der Waals surface area contributed by atoms with Crippen molar-refractivity contribution in [2.45, 2.75) is 19.9 Å². The van der Waals surface area contributed by atoms with Gasteiger partial charge < -0.3 is 5.32 Å². The molecule has 0 amide bonds. The van der Waals surface area contributed by atoms with Crippen molar-refractivity contribution >= 4 is 11.3 Å². The van der Waals surface area contributed by atoms with E-state index >= 15 is 0 Å². The molecule has 0 radical (unpaired) electrons. The topological polar surface area (TPSA) is 24.9 Å². The summed E-state index contributed by atoms with van der Waals surface area (Å²) in [7, 11) is 1.66. The summed E-state index contributed by atoms with van der Waals surface area (Å²) >= 11 is 1.45. The molecule has 0 saturated heterocycles. The number of hydrogen-bond acceptors (Lipinski definition) is 3. The largest absolute Gasteiger partial charge is 0.307 e. The van der Waals surface area contributed by atoms with Crippen LogP contribution in [-0.2, 0) is 0 Å². The second kappa shape index (κ2) is 5.30. The van der Waals surface area contributed by atoms with Crippen molar-refractivity contribution in [3.63, 3.8) is 0 Å². The fourth-order valence-corrected chi connectivity index (χ4v) is 2.86. The molecule has 2 aromatic rings. The molecule has 0 bridgehead atoms. The van der Waals surface area contributed by atoms with Crippen LogP contribution in [0.25, 0.3) is 0 Å². The summed E-state index contributed by atoms with van der Waals surface area (Å²) in [5.74, 6) is -3.84. The van der Waals surface area contributed by atoms with Gasteiger partial charge in [0.15, 0.2) is 17.5 Å². The Kier molecular flexibility index (Phi) is 3.91. The Morgan fingerprint density at radius 2 is 1.74 bits per heavy atom. The Balaban J connectivity index is 2.48. The molecule has 1 N–H and O–H groups in total. The average molecular weight is 286 g/mol. The van der Waals surface area contributed by atoms with Crippen molar-refractivity contribution in [3.05, 3.63) is 50.7 Å². The Labute approximate surface area is 113 Å². The third-order valence-corrected chi connectivity index (χ3v) is 4.06. The van der Waals surface area contributed by atoms with E-state index in [1.807, 2.05) is 13.8 Å². The normalized spacial score (nSPS) is 12.7. The fraction of sp³-hybridized carbons (Fsp3) is 0.308. The number of nitrogens with one attached hydrogen (secondary N) is 1. The summed E-state index contributed by atoms with van der Waals surface area (Å²) in [6.45, 7) is 3.79. The lowest BCUT2D eigenvalue weighted by Gasteiger charge is -2.14. The molecule has 0 fully saturated rings. The van der Waals surface area contributed by atoms with E-state index in [1.165, 1.54) is 11.3 Å². The van der Waals surface area contributed by atoms with Crippen LogP contribution in [0.2, 0.25) is 0 Å². The van der Waals surface area contributed by atoms with E-state index in [-0.39, 0.29) is 0 Å². The van der Waals surface area contributed by atoms with Crippen LogP contribution >= 0.6 is 11.3 Å². The molecule has 1 aromatic carbocycles. The zero-order valence-electron chi connectivity index (χ0n) is 10.7. The van der Waals surface area contributed by atoms with Crippen LogP contribution in [0.1, 0.15) is 27.2 Å². The molecule has 2 rings (SSSR count). The van der Waals surface area contributed by atoms with E-state index in [0.717, 1.165) is 22.7 Å². The fourth-order valence-electron chi connectivity index (χ4n) is 1.80. The van der Waals surface area contributed by atoms with Crippen molar-refractivity contribution in [1.82, 2.24) is 10.3 Å². The van der Waals surface area contributed by atoms with E-state index in [2.05, 4.69) is 10.3 Å². The first kappa shape index (κ1) is 14.0. The van der Waals surface area contributed by atoms with Gasteiger partial charge in [-0.1, -0.05) is 0 Å². The van der Waals surface area contributed by atoms with E-state index < -0.39 is 23.5 Å². The first-order valence-corrected chi connectivity index (χ1v) is 6.51. The van der Waals surface area contributed by atoms with Crippen molar-refractivity contribution in [3.8, 4) is 0 Å². The zero-order valence-corrected chi connectivity index (χ0v) is 11.5. The molecule has 102 valence electrons. The van der Waals surface area contributed by atoms with Crippen LogP contribution in [0.15, 0.2) is 12.1 Å². The summed E-state index contributed by atoms with van der Waals surface area (Å²) in [5.41, 5.74) is 1.19. The van der Waals surface area contributed by atoms with Gasteiger partial charge >= 0.3 is 0 Å². The van der Waals surface area contributed by atoms with Gasteiger partial charge in [-0.25, -0.2) is 18.2 Å². The average Bonchev–Trinajstić information content (AvgIpc) is 2.67. The lowest BCUT2D eigenvalue weighted by molar-refractivity contribution is 0.443. The predicted molar refractivity (Wildman–Crippen MR) is 68.8 cm³/mol. The molecular weight excluding hydrogens is 273 g/mol. The van der Waals surface area contributed by atoms with Gasteiger partial charge in [-0.2, -0.15) is 0 Å². The van der Waals surface area contributed by atoms with Crippen molar-refractivity contribution < 1.29 is 13.2 Å². The number of benzene rings is 1. The molecule has 6 heteroatoms. The third-order valence-electron chi connectivity index (χ3n) is 2.92. The Hall–Kier alpha value is -1.40. The van der Waals surface area contributed by atoms with Crippen LogP contribution < -0.4 is 5.32 Å². The van der Waals surface area contributed by atoms with Crippen molar-refractivity contribution in [2.75, 3.05) is 7.05 Å². The molecule has 0 aliphatic heterocycles. The molecule has 1 atom stereocenters. The molecule has 2 nitrogen and oxygen atoms in total. The lowest BCUT2D eigenvalue weighted by Crippen LogP contribution is -2.18. The Morgan fingerprint density at radius 3 is 2.16 bits per heavy atom. The molecule has 0 aliphatic rings. The quantitative estimate of drug-likeness (QED) is 0.874. The Morgan fingerprint density at radius 1 is 1.16 bits per heavy atom. The number of aryl methyl sites for hydroxylation is 2. The van der Waals surface area contributed by atoms with Gasteiger partial charge in [0, 0.05) is 4.88 Å². The minimum Gasteiger partial charge on any atom is -0.307 e. The smallest absolute Gasteiger partial charge is 0.194 e. The molecule has 1 unspecified atom stereocenters. The maximum absolute atomic E-state index is 13.3. The molecule has 1 heterocycles. The standard InChI is InChI=1S/C13H13F3N2S/c1-6-7(2)19-13(18-6)12(17-3)8-4-9(14)11(16)10(15)5-8/h4-5,12,17H,1-3H3. The van der Waals surface area contributed by atoms with Crippen LogP contribution in [0.4, 0.5) is 13.2 Å². The van der Waals surface area contributed by atoms with Crippen LogP contribution in [0.5, 0.6) is 0 Å². The molecule has 0 saturated carbocycles. The van der Waals surface area contributed by atoms with Crippen molar-refractivity contribution in [2.24, 2.45) is 0 Å². The van der Waals surface area contributed by atoms with Crippen LogP contribution in [0.3, 0.4) is 0 Å². The number of thiazole rings is 1. The van der Waals surface area contributed by atoms with Gasteiger partial charge in [0.25, 0.3) is 0 Å². The van der Waals surface area contributed by atoms with Gasteiger partial charge in [0.05, 0.1) is 11.7 Å². The summed E-state index contributed by atoms with van der Waals surface area (Å²) in [5, 5.41) is 3.64. The van der Waals surface area contributed by atoms with Gasteiger partial charge in [0.2, 0.25) is 0 Å². The number of aromatic nitrogens is 1. The van der Waals surface area contributed by atoms with Crippen LogP contribution in [-0.4, -0.2) is 12.0 Å². The molecule has 1 aromatic heterocycles. The second-order valence-corrected chi connectivity index (χ2v) is 5.45. The van der Waals surface area contributed by atoms with Gasteiger partial charge in [-0.3, -0.25) is 0 Å². The monoisotopic (exact) mass is 286 g/mol. The number of hydrogen-bond donors (Lipinski definition) is 1. The van der Waals surface area contributed by atoms with Crippen LogP contribution in [0, 0.1) is 31.3 Å².